The molecule has 0 saturated heterocycles. The molecule has 0 aromatic heterocycles. The summed E-state index contributed by atoms with van der Waals surface area (Å²) in [6, 6.07) is 0. The van der Waals surface area contributed by atoms with Crippen molar-refractivity contribution in [1.29, 1.82) is 0 Å². The van der Waals surface area contributed by atoms with Crippen LogP contribution in [0.2, 0.25) is 0 Å². The van der Waals surface area contributed by atoms with Crippen molar-refractivity contribution >= 4 is 0 Å². The van der Waals surface area contributed by atoms with Crippen molar-refractivity contribution < 1.29 is 25.5 Å². The Bertz CT molecular complexity index is 79.8. The molecule has 5 nitrogen and oxygen atoms in total. The maximum atomic E-state index is 8.54. The van der Waals surface area contributed by atoms with Crippen LogP contribution in [0.5, 0.6) is 0 Å². The molecule has 0 amide bonds. The van der Waals surface area contributed by atoms with Crippen LogP contribution in [0, 0.1) is 5.41 Å². The molecule has 0 spiro atoms. The maximum Gasteiger partial charge on any atom is 0.163 e. The van der Waals surface area contributed by atoms with Crippen LogP contribution >= 0.6 is 0 Å². The Morgan fingerprint density at radius 1 is 0.900 bits per heavy atom. The lowest BCUT2D eigenvalue weighted by atomic mass is 9.91. The average molecular weight is 152 g/mol. The summed E-state index contributed by atoms with van der Waals surface area (Å²) < 4.78 is 0. The van der Waals surface area contributed by atoms with Crippen LogP contribution in [0.3, 0.4) is 0 Å². The van der Waals surface area contributed by atoms with Crippen LogP contribution < -0.4 is 0 Å². The van der Waals surface area contributed by atoms with E-state index in [-0.39, 0.29) is 0 Å². The van der Waals surface area contributed by atoms with Crippen molar-refractivity contribution in [3.63, 3.8) is 0 Å². The van der Waals surface area contributed by atoms with Crippen molar-refractivity contribution in [2.24, 2.45) is 5.41 Å². The van der Waals surface area contributed by atoms with Crippen molar-refractivity contribution in [2.45, 2.75) is 6.29 Å². The molecule has 0 radical (unpaired) electrons. The predicted molar refractivity (Wildman–Crippen MR) is 31.9 cm³/mol. The zero-order chi connectivity index (χ0) is 8.20. The second kappa shape index (κ2) is 3.85. The van der Waals surface area contributed by atoms with E-state index in [0.29, 0.717) is 0 Å². The van der Waals surface area contributed by atoms with Gasteiger partial charge in [-0.1, -0.05) is 0 Å². The van der Waals surface area contributed by atoms with Gasteiger partial charge in [-0.2, -0.15) is 0 Å². The highest BCUT2D eigenvalue weighted by atomic mass is 16.5. The quantitative estimate of drug-likeness (QED) is 0.281. The molecule has 0 rings (SSSR count). The summed E-state index contributed by atoms with van der Waals surface area (Å²) >= 11 is 0. The van der Waals surface area contributed by atoms with Crippen LogP contribution in [-0.2, 0) is 0 Å². The highest BCUT2D eigenvalue weighted by Gasteiger charge is 2.35. The fraction of sp³-hybridized carbons (Fsp3) is 1.00. The van der Waals surface area contributed by atoms with E-state index in [9.17, 15) is 0 Å². The highest BCUT2D eigenvalue weighted by Crippen LogP contribution is 2.17. The minimum atomic E-state index is -1.91. The van der Waals surface area contributed by atoms with E-state index in [1.165, 1.54) is 0 Å². The lowest BCUT2D eigenvalue weighted by Gasteiger charge is -2.28. The number of rotatable bonds is 4. The van der Waals surface area contributed by atoms with E-state index in [1.54, 1.807) is 0 Å². The summed E-state index contributed by atoms with van der Waals surface area (Å²) in [5, 5.41) is 42.6. The van der Waals surface area contributed by atoms with Gasteiger partial charge in [-0.25, -0.2) is 0 Å². The Morgan fingerprint density at radius 2 is 1.20 bits per heavy atom. The predicted octanol–water partition coefficient (Wildman–Crippen LogP) is -2.74. The first-order chi connectivity index (χ1) is 4.63. The smallest absolute Gasteiger partial charge is 0.163 e. The monoisotopic (exact) mass is 152 g/mol. The zero-order valence-electron chi connectivity index (χ0n) is 5.43. The summed E-state index contributed by atoms with van der Waals surface area (Å²) in [4.78, 5) is 0. The fourth-order valence-corrected chi connectivity index (χ4v) is 0.395. The Hall–Kier alpha value is -0.200. The third kappa shape index (κ3) is 1.65. The number of aliphatic hydroxyl groups is 5. The summed E-state index contributed by atoms with van der Waals surface area (Å²) in [5.74, 6) is 0. The van der Waals surface area contributed by atoms with Crippen molar-refractivity contribution in [3.8, 4) is 0 Å². The Kier molecular flexibility index (Phi) is 3.77. The van der Waals surface area contributed by atoms with Gasteiger partial charge >= 0.3 is 0 Å². The average Bonchev–Trinajstić information content (AvgIpc) is 1.92. The first-order valence-corrected chi connectivity index (χ1v) is 2.81. The van der Waals surface area contributed by atoms with E-state index in [1.807, 2.05) is 0 Å². The third-order valence-corrected chi connectivity index (χ3v) is 1.49. The van der Waals surface area contributed by atoms with Gasteiger partial charge in [0.25, 0.3) is 0 Å². The Labute approximate surface area is 58.2 Å². The molecular formula is C5H12O5. The molecule has 0 atom stereocenters. The van der Waals surface area contributed by atoms with Gasteiger partial charge in [-0.15, -0.1) is 0 Å². The topological polar surface area (TPSA) is 101 Å². The molecule has 0 fully saturated rings. The van der Waals surface area contributed by atoms with Gasteiger partial charge < -0.3 is 25.5 Å². The molecule has 0 bridgehead atoms. The number of hydrogen-bond acceptors (Lipinski definition) is 5. The molecule has 0 aromatic rings. The standard InChI is InChI=1S/C5H12O5/c6-1-5(2-7,3-8)4(9)10/h4,6-10H,1-3H2. The van der Waals surface area contributed by atoms with Crippen LogP contribution in [-0.4, -0.2) is 51.6 Å². The summed E-state index contributed by atoms with van der Waals surface area (Å²) in [6.45, 7) is -2.01. The van der Waals surface area contributed by atoms with Crippen molar-refractivity contribution in [1.82, 2.24) is 0 Å². The van der Waals surface area contributed by atoms with Crippen LogP contribution in [0.25, 0.3) is 0 Å². The molecule has 10 heavy (non-hydrogen) atoms. The molecular weight excluding hydrogens is 140 g/mol. The van der Waals surface area contributed by atoms with Crippen LogP contribution in [0.15, 0.2) is 0 Å². The van der Waals surface area contributed by atoms with Gasteiger partial charge in [0, 0.05) is 0 Å². The van der Waals surface area contributed by atoms with Crippen molar-refractivity contribution in [3.05, 3.63) is 0 Å². The minimum absolute atomic E-state index is 0.669. The summed E-state index contributed by atoms with van der Waals surface area (Å²) in [5.41, 5.74) is -1.60. The Balaban J connectivity index is 4.15. The molecule has 62 valence electrons. The minimum Gasteiger partial charge on any atom is -0.395 e. The number of hydrogen-bond donors (Lipinski definition) is 5. The molecule has 0 saturated carbocycles. The van der Waals surface area contributed by atoms with E-state index in [2.05, 4.69) is 0 Å². The Morgan fingerprint density at radius 3 is 1.20 bits per heavy atom. The number of aliphatic hydroxyl groups excluding tert-OH is 4. The van der Waals surface area contributed by atoms with Crippen LogP contribution in [0.4, 0.5) is 0 Å². The van der Waals surface area contributed by atoms with Gasteiger partial charge in [0.15, 0.2) is 6.29 Å². The van der Waals surface area contributed by atoms with E-state index >= 15 is 0 Å². The fourth-order valence-electron chi connectivity index (χ4n) is 0.395. The van der Waals surface area contributed by atoms with Gasteiger partial charge in [-0.3, -0.25) is 0 Å². The molecule has 0 unspecified atom stereocenters. The normalized spacial score (nSPS) is 12.6. The van der Waals surface area contributed by atoms with Gasteiger partial charge in [0.05, 0.1) is 25.2 Å². The first kappa shape index (κ1) is 9.80. The first-order valence-electron chi connectivity index (χ1n) is 2.81. The SMILES string of the molecule is OCC(CO)(CO)C(O)O. The highest BCUT2D eigenvalue weighted by molar-refractivity contribution is 4.78. The lowest BCUT2D eigenvalue weighted by Crippen LogP contribution is -2.45. The molecule has 5 N–H and O–H groups in total. The van der Waals surface area contributed by atoms with Crippen molar-refractivity contribution in [2.75, 3.05) is 19.8 Å². The molecule has 0 aliphatic heterocycles. The van der Waals surface area contributed by atoms with Crippen LogP contribution in [0.1, 0.15) is 0 Å². The van der Waals surface area contributed by atoms with E-state index in [4.69, 9.17) is 25.5 Å². The summed E-state index contributed by atoms with van der Waals surface area (Å²) in [6.07, 6.45) is -1.91. The second-order valence-electron chi connectivity index (χ2n) is 2.21. The molecule has 0 heterocycles. The molecule has 0 aromatic carbocycles. The summed E-state index contributed by atoms with van der Waals surface area (Å²) in [7, 11) is 0. The van der Waals surface area contributed by atoms with E-state index < -0.39 is 31.5 Å². The van der Waals surface area contributed by atoms with Gasteiger partial charge in [-0.05, 0) is 0 Å². The lowest BCUT2D eigenvalue weighted by molar-refractivity contribution is -0.182. The molecule has 0 aliphatic carbocycles. The zero-order valence-corrected chi connectivity index (χ0v) is 5.43. The third-order valence-electron chi connectivity index (χ3n) is 1.49. The van der Waals surface area contributed by atoms with Gasteiger partial charge in [0.2, 0.25) is 0 Å². The van der Waals surface area contributed by atoms with Gasteiger partial charge in [0.1, 0.15) is 0 Å². The largest absolute Gasteiger partial charge is 0.395 e. The maximum absolute atomic E-state index is 8.54. The molecule has 5 heteroatoms. The van der Waals surface area contributed by atoms with E-state index in [0.717, 1.165) is 0 Å². The molecule has 0 aliphatic rings. The second-order valence-corrected chi connectivity index (χ2v) is 2.21.